The molecule has 7 heteroatoms. The second kappa shape index (κ2) is 6.53. The van der Waals surface area contributed by atoms with Crippen LogP contribution in [0.15, 0.2) is 24.4 Å². The van der Waals surface area contributed by atoms with Gasteiger partial charge < -0.3 is 10.1 Å². The number of nitrogens with zero attached hydrogens (tertiary/aromatic N) is 2. The molecule has 0 atom stereocenters. The summed E-state index contributed by atoms with van der Waals surface area (Å²) in [6.07, 6.45) is 1.49. The summed E-state index contributed by atoms with van der Waals surface area (Å²) < 4.78 is 45.7. The monoisotopic (exact) mass is 285 g/mol. The molecule has 1 aromatic heterocycles. The molecule has 0 fully saturated rings. The van der Waals surface area contributed by atoms with Gasteiger partial charge in [0.1, 0.15) is 5.69 Å². The molecule has 0 bridgehead atoms. The predicted molar refractivity (Wildman–Crippen MR) is 67.0 cm³/mol. The molecule has 0 saturated carbocycles. The van der Waals surface area contributed by atoms with E-state index in [1.807, 2.05) is 0 Å². The van der Waals surface area contributed by atoms with Gasteiger partial charge in [-0.2, -0.15) is 5.10 Å². The number of benzene rings is 1. The Morgan fingerprint density at radius 3 is 2.75 bits per heavy atom. The number of methoxy groups -OCH3 is 1. The molecule has 0 amide bonds. The van der Waals surface area contributed by atoms with Gasteiger partial charge in [-0.1, -0.05) is 0 Å². The lowest BCUT2D eigenvalue weighted by atomic mass is 10.3. The summed E-state index contributed by atoms with van der Waals surface area (Å²) in [5, 5.41) is 7.17. The smallest absolute Gasteiger partial charge is 0.196 e. The molecule has 0 unspecified atom stereocenters. The molecule has 4 nitrogen and oxygen atoms in total. The Balaban J connectivity index is 2.11. The van der Waals surface area contributed by atoms with Gasteiger partial charge in [-0.05, 0) is 18.2 Å². The number of halogens is 3. The standard InChI is InChI=1S/C13H14F3N3O/c1-20-7-5-17-8-9-4-6-19(18-9)11-3-2-10(14)12(15)13(11)16/h2-4,6,17H,5,7-8H2,1H3. The fraction of sp³-hybridized carbons (Fsp3) is 0.308. The van der Waals surface area contributed by atoms with E-state index >= 15 is 0 Å². The van der Waals surface area contributed by atoms with Gasteiger partial charge in [0.05, 0.1) is 12.3 Å². The third-order valence-corrected chi connectivity index (χ3v) is 2.70. The number of rotatable bonds is 6. The van der Waals surface area contributed by atoms with Crippen molar-refractivity contribution in [2.45, 2.75) is 6.54 Å². The topological polar surface area (TPSA) is 39.1 Å². The van der Waals surface area contributed by atoms with Gasteiger partial charge in [0.25, 0.3) is 0 Å². The zero-order valence-electron chi connectivity index (χ0n) is 10.9. The number of hydrogen-bond donors (Lipinski definition) is 1. The lowest BCUT2D eigenvalue weighted by molar-refractivity contribution is 0.199. The van der Waals surface area contributed by atoms with Crippen molar-refractivity contribution in [2.24, 2.45) is 0 Å². The van der Waals surface area contributed by atoms with Crippen LogP contribution in [0.2, 0.25) is 0 Å². The van der Waals surface area contributed by atoms with Crippen LogP contribution in [-0.2, 0) is 11.3 Å². The molecule has 1 N–H and O–H groups in total. The molecule has 20 heavy (non-hydrogen) atoms. The molecule has 1 heterocycles. The summed E-state index contributed by atoms with van der Waals surface area (Å²) >= 11 is 0. The van der Waals surface area contributed by atoms with E-state index in [1.165, 1.54) is 10.9 Å². The highest BCUT2D eigenvalue weighted by Gasteiger charge is 2.15. The van der Waals surface area contributed by atoms with Gasteiger partial charge >= 0.3 is 0 Å². The van der Waals surface area contributed by atoms with E-state index in [2.05, 4.69) is 10.4 Å². The van der Waals surface area contributed by atoms with Gasteiger partial charge in [-0.25, -0.2) is 17.9 Å². The highest BCUT2D eigenvalue weighted by Crippen LogP contribution is 2.18. The normalized spacial score (nSPS) is 11.0. The summed E-state index contributed by atoms with van der Waals surface area (Å²) in [5.74, 6) is -3.98. The Morgan fingerprint density at radius 2 is 2.00 bits per heavy atom. The summed E-state index contributed by atoms with van der Waals surface area (Å²) in [6.45, 7) is 1.70. The van der Waals surface area contributed by atoms with Crippen molar-refractivity contribution in [3.05, 3.63) is 47.5 Å². The van der Waals surface area contributed by atoms with E-state index in [1.54, 1.807) is 13.2 Å². The Bertz CT molecular complexity index is 586. The Hall–Kier alpha value is -1.86. The average molecular weight is 285 g/mol. The molecular formula is C13H14F3N3O. The van der Waals surface area contributed by atoms with Gasteiger partial charge in [0.2, 0.25) is 0 Å². The first kappa shape index (κ1) is 14.5. The van der Waals surface area contributed by atoms with Crippen molar-refractivity contribution in [2.75, 3.05) is 20.3 Å². The molecule has 2 rings (SSSR count). The van der Waals surface area contributed by atoms with E-state index in [0.29, 0.717) is 25.4 Å². The van der Waals surface area contributed by atoms with Crippen molar-refractivity contribution in [1.82, 2.24) is 15.1 Å². The van der Waals surface area contributed by atoms with Crippen LogP contribution in [0.3, 0.4) is 0 Å². The fourth-order valence-corrected chi connectivity index (χ4v) is 1.67. The number of hydrogen-bond acceptors (Lipinski definition) is 3. The van der Waals surface area contributed by atoms with Crippen molar-refractivity contribution in [3.8, 4) is 5.69 Å². The van der Waals surface area contributed by atoms with E-state index in [-0.39, 0.29) is 5.69 Å². The van der Waals surface area contributed by atoms with Crippen LogP contribution < -0.4 is 5.32 Å². The SMILES string of the molecule is COCCNCc1ccn(-c2ccc(F)c(F)c2F)n1. The first-order chi connectivity index (χ1) is 9.63. The summed E-state index contributed by atoms with van der Waals surface area (Å²) in [4.78, 5) is 0. The van der Waals surface area contributed by atoms with Gasteiger partial charge in [0, 0.05) is 26.4 Å². The van der Waals surface area contributed by atoms with E-state index in [0.717, 1.165) is 12.1 Å². The Labute approximate surface area is 114 Å². The molecular weight excluding hydrogens is 271 g/mol. The van der Waals surface area contributed by atoms with Crippen molar-refractivity contribution in [3.63, 3.8) is 0 Å². The zero-order chi connectivity index (χ0) is 14.5. The lowest BCUT2D eigenvalue weighted by Gasteiger charge is -2.05. The molecule has 0 saturated heterocycles. The molecule has 2 aromatic rings. The second-order valence-electron chi connectivity index (χ2n) is 4.12. The van der Waals surface area contributed by atoms with Crippen LogP contribution in [0.5, 0.6) is 0 Å². The van der Waals surface area contributed by atoms with Gasteiger partial charge in [-0.3, -0.25) is 0 Å². The molecule has 1 aromatic carbocycles. The maximum Gasteiger partial charge on any atom is 0.196 e. The largest absolute Gasteiger partial charge is 0.383 e. The van der Waals surface area contributed by atoms with Crippen LogP contribution in [-0.4, -0.2) is 30.0 Å². The lowest BCUT2D eigenvalue weighted by Crippen LogP contribution is -2.19. The summed E-state index contributed by atoms with van der Waals surface area (Å²) in [6, 6.07) is 3.68. The number of aromatic nitrogens is 2. The van der Waals surface area contributed by atoms with Crippen LogP contribution in [0.25, 0.3) is 5.69 Å². The van der Waals surface area contributed by atoms with Gasteiger partial charge in [-0.15, -0.1) is 0 Å². The maximum absolute atomic E-state index is 13.6. The summed E-state index contributed by atoms with van der Waals surface area (Å²) in [5.41, 5.74) is 0.525. The highest BCUT2D eigenvalue weighted by atomic mass is 19.2. The van der Waals surface area contributed by atoms with Crippen LogP contribution in [0, 0.1) is 17.5 Å². The Morgan fingerprint density at radius 1 is 1.20 bits per heavy atom. The zero-order valence-corrected chi connectivity index (χ0v) is 10.9. The third kappa shape index (κ3) is 3.17. The third-order valence-electron chi connectivity index (χ3n) is 2.70. The predicted octanol–water partition coefficient (Wildman–Crippen LogP) is 2.03. The molecule has 0 spiro atoms. The van der Waals surface area contributed by atoms with Gasteiger partial charge in [0.15, 0.2) is 17.5 Å². The maximum atomic E-state index is 13.6. The Kier molecular flexibility index (Phi) is 4.75. The van der Waals surface area contributed by atoms with Crippen LogP contribution in [0.1, 0.15) is 5.69 Å². The molecule has 0 aliphatic carbocycles. The second-order valence-corrected chi connectivity index (χ2v) is 4.12. The van der Waals surface area contributed by atoms with Crippen molar-refractivity contribution >= 4 is 0 Å². The molecule has 0 aliphatic rings. The fourth-order valence-electron chi connectivity index (χ4n) is 1.67. The summed E-state index contributed by atoms with van der Waals surface area (Å²) in [7, 11) is 1.60. The quantitative estimate of drug-likeness (QED) is 0.652. The van der Waals surface area contributed by atoms with Crippen molar-refractivity contribution < 1.29 is 17.9 Å². The van der Waals surface area contributed by atoms with E-state index in [9.17, 15) is 13.2 Å². The van der Waals surface area contributed by atoms with Crippen molar-refractivity contribution in [1.29, 1.82) is 0 Å². The minimum Gasteiger partial charge on any atom is -0.383 e. The molecule has 108 valence electrons. The van der Waals surface area contributed by atoms with E-state index in [4.69, 9.17) is 4.74 Å². The first-order valence-electron chi connectivity index (χ1n) is 6.01. The average Bonchev–Trinajstić information content (AvgIpc) is 2.90. The number of nitrogens with one attached hydrogen (secondary N) is 1. The first-order valence-corrected chi connectivity index (χ1v) is 6.01. The number of ether oxygens (including phenoxy) is 1. The molecule has 0 aliphatic heterocycles. The minimum atomic E-state index is -1.50. The van der Waals surface area contributed by atoms with Crippen LogP contribution in [0.4, 0.5) is 13.2 Å². The van der Waals surface area contributed by atoms with Crippen LogP contribution >= 0.6 is 0 Å². The van der Waals surface area contributed by atoms with E-state index < -0.39 is 17.5 Å². The highest BCUT2D eigenvalue weighted by molar-refractivity contribution is 5.34. The minimum absolute atomic E-state index is 0.132. The molecule has 0 radical (unpaired) electrons.